The number of hydrogen-bond acceptors (Lipinski definition) is 4. The van der Waals surface area contributed by atoms with Gasteiger partial charge in [0.1, 0.15) is 5.54 Å². The zero-order chi connectivity index (χ0) is 11.9. The summed E-state index contributed by atoms with van der Waals surface area (Å²) >= 11 is 5.96. The van der Waals surface area contributed by atoms with Gasteiger partial charge in [-0.1, -0.05) is 11.6 Å². The molecule has 0 heterocycles. The Kier molecular flexibility index (Phi) is 2.41. The highest BCUT2D eigenvalue weighted by Crippen LogP contribution is 2.55. The smallest absolute Gasteiger partial charge is 0.235 e. The first kappa shape index (κ1) is 11.0. The van der Waals surface area contributed by atoms with Gasteiger partial charge in [-0.05, 0) is 31.4 Å². The van der Waals surface area contributed by atoms with E-state index in [4.69, 9.17) is 11.6 Å². The molecule has 5 heteroatoms. The highest BCUT2D eigenvalue weighted by atomic mass is 35.5. The molecule has 0 amide bonds. The molecule has 2 rings (SSSR count). The average molecular weight is 240 g/mol. The Morgan fingerprint density at radius 2 is 2.12 bits per heavy atom. The molecule has 84 valence electrons. The van der Waals surface area contributed by atoms with Crippen molar-refractivity contribution in [1.82, 2.24) is 0 Å². The number of halogens is 1. The van der Waals surface area contributed by atoms with E-state index in [-0.39, 0.29) is 16.5 Å². The Balaban J connectivity index is 2.66. The van der Waals surface area contributed by atoms with Crippen molar-refractivity contribution in [2.24, 2.45) is 4.99 Å². The summed E-state index contributed by atoms with van der Waals surface area (Å²) < 4.78 is 0. The highest BCUT2D eigenvalue weighted by Gasteiger charge is 2.48. The zero-order valence-electron chi connectivity index (χ0n) is 8.62. The van der Waals surface area contributed by atoms with Crippen molar-refractivity contribution in [1.29, 1.82) is 0 Å². The van der Waals surface area contributed by atoms with E-state index in [1.54, 1.807) is 6.92 Å². The van der Waals surface area contributed by atoms with Crippen LogP contribution in [0, 0.1) is 6.92 Å². The number of phenolic OH excluding ortho intramolecular Hbond substituents is 2. The van der Waals surface area contributed by atoms with E-state index in [2.05, 4.69) is 4.99 Å². The van der Waals surface area contributed by atoms with Crippen molar-refractivity contribution in [3.8, 4) is 11.5 Å². The fraction of sp³-hybridized carbons (Fsp3) is 0.364. The molecule has 1 saturated carbocycles. The number of nitrogens with zero attached hydrogens (tertiary/aromatic N) is 1. The van der Waals surface area contributed by atoms with E-state index in [1.165, 1.54) is 12.1 Å². The van der Waals surface area contributed by atoms with E-state index in [0.29, 0.717) is 24.0 Å². The number of benzene rings is 1. The molecule has 0 bridgehead atoms. The molecule has 16 heavy (non-hydrogen) atoms. The van der Waals surface area contributed by atoms with Gasteiger partial charge in [0.05, 0.1) is 5.02 Å². The summed E-state index contributed by atoms with van der Waals surface area (Å²) in [5.41, 5.74) is 0.665. The van der Waals surface area contributed by atoms with E-state index < -0.39 is 5.54 Å². The lowest BCUT2D eigenvalue weighted by molar-refractivity contribution is 0.402. The number of isocyanates is 1. The maximum Gasteiger partial charge on any atom is 0.235 e. The monoisotopic (exact) mass is 239 g/mol. The molecular formula is C11H10ClNO3. The molecule has 0 aromatic heterocycles. The quantitative estimate of drug-likeness (QED) is 0.473. The number of aromatic hydroxyl groups is 2. The van der Waals surface area contributed by atoms with Crippen LogP contribution in [0.15, 0.2) is 11.1 Å². The summed E-state index contributed by atoms with van der Waals surface area (Å²) in [5.74, 6) is -0.633. The van der Waals surface area contributed by atoms with Gasteiger partial charge < -0.3 is 10.2 Å². The van der Waals surface area contributed by atoms with Gasteiger partial charge in [-0.2, -0.15) is 4.99 Å². The molecule has 1 aromatic rings. The largest absolute Gasteiger partial charge is 0.504 e. The van der Waals surface area contributed by atoms with E-state index in [9.17, 15) is 15.0 Å². The van der Waals surface area contributed by atoms with Crippen LogP contribution in [-0.2, 0) is 10.3 Å². The zero-order valence-corrected chi connectivity index (χ0v) is 9.38. The van der Waals surface area contributed by atoms with Gasteiger partial charge in [0, 0.05) is 5.56 Å². The summed E-state index contributed by atoms with van der Waals surface area (Å²) in [6, 6.07) is 1.41. The summed E-state index contributed by atoms with van der Waals surface area (Å²) in [5, 5.41) is 19.0. The molecule has 2 N–H and O–H groups in total. The molecule has 0 radical (unpaired) electrons. The summed E-state index contributed by atoms with van der Waals surface area (Å²) in [6.45, 7) is 1.75. The third-order valence-electron chi connectivity index (χ3n) is 2.87. The third-order valence-corrected chi connectivity index (χ3v) is 3.23. The molecule has 0 saturated heterocycles. The Bertz CT molecular complexity index is 502. The van der Waals surface area contributed by atoms with Crippen molar-refractivity contribution >= 4 is 17.7 Å². The standard InChI is InChI=1S/C11H10ClNO3/c1-6-4-7(15)10(16)9(12)8(6)11(2-3-11)13-5-14/h4,15-16H,2-3H2,1H3. The second kappa shape index (κ2) is 3.51. The van der Waals surface area contributed by atoms with Crippen molar-refractivity contribution in [2.45, 2.75) is 25.3 Å². The number of phenols is 2. The molecule has 1 aliphatic carbocycles. The maximum atomic E-state index is 10.4. The SMILES string of the molecule is Cc1cc(O)c(O)c(Cl)c1C1(N=C=O)CC1. The number of aliphatic imine (C=N–C) groups is 1. The summed E-state index contributed by atoms with van der Waals surface area (Å²) in [7, 11) is 0. The maximum absolute atomic E-state index is 10.4. The predicted molar refractivity (Wildman–Crippen MR) is 58.6 cm³/mol. The molecule has 1 fully saturated rings. The van der Waals surface area contributed by atoms with Crippen LogP contribution in [0.1, 0.15) is 24.0 Å². The van der Waals surface area contributed by atoms with Crippen LogP contribution in [0.5, 0.6) is 11.5 Å². The van der Waals surface area contributed by atoms with Crippen LogP contribution in [0.4, 0.5) is 0 Å². The van der Waals surface area contributed by atoms with E-state index in [0.717, 1.165) is 0 Å². The molecule has 0 atom stereocenters. The number of carbonyl (C=O) groups excluding carboxylic acids is 1. The summed E-state index contributed by atoms with van der Waals surface area (Å²) in [4.78, 5) is 14.1. The molecule has 1 aliphatic rings. The predicted octanol–water partition coefficient (Wildman–Crippen LogP) is 2.38. The lowest BCUT2D eigenvalue weighted by Crippen LogP contribution is -2.06. The molecule has 0 aliphatic heterocycles. The fourth-order valence-electron chi connectivity index (χ4n) is 1.94. The Hall–Kier alpha value is -1.51. The van der Waals surface area contributed by atoms with Crippen LogP contribution in [0.3, 0.4) is 0 Å². The molecule has 1 aromatic carbocycles. The Morgan fingerprint density at radius 1 is 1.50 bits per heavy atom. The minimum absolute atomic E-state index is 0.0639. The van der Waals surface area contributed by atoms with Crippen LogP contribution >= 0.6 is 11.6 Å². The van der Waals surface area contributed by atoms with E-state index in [1.807, 2.05) is 0 Å². The Labute approximate surface area is 97.2 Å². The highest BCUT2D eigenvalue weighted by molar-refractivity contribution is 6.33. The second-order valence-electron chi connectivity index (χ2n) is 3.98. The number of aryl methyl sites for hydroxylation is 1. The normalized spacial score (nSPS) is 16.6. The van der Waals surface area contributed by atoms with Crippen molar-refractivity contribution in [2.75, 3.05) is 0 Å². The van der Waals surface area contributed by atoms with Crippen LogP contribution < -0.4 is 0 Å². The molecular weight excluding hydrogens is 230 g/mol. The van der Waals surface area contributed by atoms with Gasteiger partial charge in [-0.3, -0.25) is 0 Å². The first-order chi connectivity index (χ1) is 7.52. The second-order valence-corrected chi connectivity index (χ2v) is 4.36. The molecule has 4 nitrogen and oxygen atoms in total. The molecule has 0 unspecified atom stereocenters. The average Bonchev–Trinajstić information content (AvgIpc) is 2.96. The first-order valence-corrected chi connectivity index (χ1v) is 5.20. The van der Waals surface area contributed by atoms with E-state index >= 15 is 0 Å². The summed E-state index contributed by atoms with van der Waals surface area (Å²) in [6.07, 6.45) is 2.93. The number of hydrogen-bond donors (Lipinski definition) is 2. The van der Waals surface area contributed by atoms with Gasteiger partial charge in [0.25, 0.3) is 0 Å². The van der Waals surface area contributed by atoms with Crippen LogP contribution in [-0.4, -0.2) is 16.3 Å². The minimum atomic E-state index is -0.645. The van der Waals surface area contributed by atoms with Crippen LogP contribution in [0.25, 0.3) is 0 Å². The van der Waals surface area contributed by atoms with Crippen molar-refractivity contribution in [3.63, 3.8) is 0 Å². The first-order valence-electron chi connectivity index (χ1n) is 4.82. The van der Waals surface area contributed by atoms with Crippen molar-refractivity contribution in [3.05, 3.63) is 22.2 Å². The fourth-order valence-corrected chi connectivity index (χ4v) is 2.37. The van der Waals surface area contributed by atoms with Gasteiger partial charge in [0.15, 0.2) is 11.5 Å². The minimum Gasteiger partial charge on any atom is -0.504 e. The van der Waals surface area contributed by atoms with Gasteiger partial charge in [0.2, 0.25) is 6.08 Å². The lowest BCUT2D eigenvalue weighted by atomic mass is 9.98. The lowest BCUT2D eigenvalue weighted by Gasteiger charge is -2.15. The van der Waals surface area contributed by atoms with Crippen LogP contribution in [0.2, 0.25) is 5.02 Å². The van der Waals surface area contributed by atoms with Crippen molar-refractivity contribution < 1.29 is 15.0 Å². The topological polar surface area (TPSA) is 69.9 Å². The Morgan fingerprint density at radius 3 is 2.62 bits per heavy atom. The van der Waals surface area contributed by atoms with Gasteiger partial charge in [-0.25, -0.2) is 4.79 Å². The van der Waals surface area contributed by atoms with Gasteiger partial charge >= 0.3 is 0 Å². The molecule has 0 spiro atoms. The number of rotatable bonds is 2. The van der Waals surface area contributed by atoms with Gasteiger partial charge in [-0.15, -0.1) is 0 Å². The third kappa shape index (κ3) is 1.47.